The molecule has 0 aliphatic rings. The molecule has 0 saturated carbocycles. The lowest BCUT2D eigenvalue weighted by molar-refractivity contribution is 0.432. The Bertz CT molecular complexity index is 739. The Labute approximate surface area is 118 Å². The summed E-state index contributed by atoms with van der Waals surface area (Å²) in [5.41, 5.74) is 10.2. The Morgan fingerprint density at radius 3 is 2.58 bits per heavy atom. The van der Waals surface area contributed by atoms with Gasteiger partial charge < -0.3 is 10.3 Å². The molecule has 19 heavy (non-hydrogen) atoms. The first-order valence-electron chi connectivity index (χ1n) is 5.80. The molecule has 0 spiro atoms. The van der Waals surface area contributed by atoms with E-state index in [2.05, 4.69) is 15.5 Å². The number of thiophene rings is 2. The van der Waals surface area contributed by atoms with E-state index in [1.807, 2.05) is 26.2 Å². The second-order valence-electron chi connectivity index (χ2n) is 4.41. The summed E-state index contributed by atoms with van der Waals surface area (Å²) in [7, 11) is 0. The molecular formula is C13H13N3OS2. The van der Waals surface area contributed by atoms with Crippen molar-refractivity contribution in [2.45, 2.75) is 20.8 Å². The van der Waals surface area contributed by atoms with Crippen molar-refractivity contribution in [1.29, 1.82) is 0 Å². The summed E-state index contributed by atoms with van der Waals surface area (Å²) in [6.45, 7) is 6.10. The van der Waals surface area contributed by atoms with E-state index in [9.17, 15) is 0 Å². The zero-order valence-electron chi connectivity index (χ0n) is 10.9. The minimum absolute atomic E-state index is 0.500. The Hall–Kier alpha value is -1.66. The number of aryl methyl sites for hydroxylation is 2. The van der Waals surface area contributed by atoms with Crippen molar-refractivity contribution in [1.82, 2.24) is 10.1 Å². The van der Waals surface area contributed by atoms with Crippen molar-refractivity contribution in [3.8, 4) is 22.8 Å². The fourth-order valence-corrected chi connectivity index (χ4v) is 3.70. The third kappa shape index (κ3) is 1.97. The smallest absolute Gasteiger partial charge is 0.261 e. The van der Waals surface area contributed by atoms with Crippen LogP contribution in [-0.2, 0) is 0 Å². The number of anilines is 1. The third-order valence-corrected chi connectivity index (χ3v) is 5.05. The molecule has 3 heterocycles. The average Bonchev–Trinajstić information content (AvgIpc) is 3.02. The molecular weight excluding hydrogens is 278 g/mol. The van der Waals surface area contributed by atoms with Gasteiger partial charge in [-0.25, -0.2) is 0 Å². The zero-order valence-corrected chi connectivity index (χ0v) is 12.5. The lowest BCUT2D eigenvalue weighted by Gasteiger charge is -1.94. The monoisotopic (exact) mass is 291 g/mol. The second kappa shape index (κ2) is 4.47. The Balaban J connectivity index is 2.09. The van der Waals surface area contributed by atoms with E-state index in [1.54, 1.807) is 22.7 Å². The molecule has 4 nitrogen and oxygen atoms in total. The number of hydrogen-bond donors (Lipinski definition) is 1. The van der Waals surface area contributed by atoms with Crippen LogP contribution >= 0.6 is 22.7 Å². The van der Waals surface area contributed by atoms with E-state index in [1.165, 1.54) is 4.88 Å². The van der Waals surface area contributed by atoms with Gasteiger partial charge in [0.1, 0.15) is 0 Å². The van der Waals surface area contributed by atoms with Gasteiger partial charge in [-0.15, -0.1) is 11.3 Å². The van der Waals surface area contributed by atoms with Crippen molar-refractivity contribution in [3.05, 3.63) is 26.8 Å². The topological polar surface area (TPSA) is 64.9 Å². The van der Waals surface area contributed by atoms with Gasteiger partial charge >= 0.3 is 0 Å². The third-order valence-electron chi connectivity index (χ3n) is 3.15. The standard InChI is InChI=1S/C13H13N3OS2/c1-6-4-18-5-9(6)12-15-13(17-16-12)10-7(2)8(3)19-11(10)14/h4-5H,14H2,1-3H3. The second-order valence-corrected chi connectivity index (χ2v) is 6.41. The van der Waals surface area contributed by atoms with Crippen LogP contribution in [0.25, 0.3) is 22.8 Å². The van der Waals surface area contributed by atoms with Gasteiger partial charge in [-0.05, 0) is 37.3 Å². The number of nitrogen functional groups attached to an aromatic ring is 1. The van der Waals surface area contributed by atoms with Crippen LogP contribution < -0.4 is 5.73 Å². The van der Waals surface area contributed by atoms with Crippen LogP contribution in [0.3, 0.4) is 0 Å². The molecule has 0 saturated heterocycles. The predicted molar refractivity (Wildman–Crippen MR) is 79.5 cm³/mol. The van der Waals surface area contributed by atoms with Crippen LogP contribution in [-0.4, -0.2) is 10.1 Å². The van der Waals surface area contributed by atoms with Crippen molar-refractivity contribution >= 4 is 27.7 Å². The molecule has 6 heteroatoms. The molecule has 0 aromatic carbocycles. The number of hydrogen-bond acceptors (Lipinski definition) is 6. The molecule has 0 aliphatic heterocycles. The van der Waals surface area contributed by atoms with Crippen LogP contribution in [0, 0.1) is 20.8 Å². The molecule has 0 amide bonds. The van der Waals surface area contributed by atoms with Crippen LogP contribution in [0.2, 0.25) is 0 Å². The van der Waals surface area contributed by atoms with E-state index < -0.39 is 0 Å². The fraction of sp³-hybridized carbons (Fsp3) is 0.231. The SMILES string of the molecule is Cc1cscc1-c1noc(-c2c(N)sc(C)c2C)n1. The minimum Gasteiger partial charge on any atom is -0.390 e. The number of nitrogens with two attached hydrogens (primary N) is 1. The maximum absolute atomic E-state index is 6.02. The Morgan fingerprint density at radius 2 is 2.00 bits per heavy atom. The minimum atomic E-state index is 0.500. The molecule has 2 N–H and O–H groups in total. The molecule has 0 unspecified atom stereocenters. The van der Waals surface area contributed by atoms with Crippen LogP contribution in [0.5, 0.6) is 0 Å². The van der Waals surface area contributed by atoms with Gasteiger partial charge in [-0.2, -0.15) is 16.3 Å². The first kappa shape index (κ1) is 12.4. The van der Waals surface area contributed by atoms with Gasteiger partial charge in [0.15, 0.2) is 0 Å². The average molecular weight is 291 g/mol. The van der Waals surface area contributed by atoms with E-state index >= 15 is 0 Å². The van der Waals surface area contributed by atoms with Crippen molar-refractivity contribution < 1.29 is 4.52 Å². The summed E-state index contributed by atoms with van der Waals surface area (Å²) in [5, 5.41) is 8.88. The summed E-state index contributed by atoms with van der Waals surface area (Å²) < 4.78 is 5.37. The molecule has 3 rings (SSSR count). The van der Waals surface area contributed by atoms with Gasteiger partial charge in [0, 0.05) is 15.8 Å². The highest BCUT2D eigenvalue weighted by atomic mass is 32.1. The van der Waals surface area contributed by atoms with Gasteiger partial charge in [-0.1, -0.05) is 5.16 Å². The zero-order chi connectivity index (χ0) is 13.6. The normalized spacial score (nSPS) is 11.1. The van der Waals surface area contributed by atoms with Crippen LogP contribution in [0.4, 0.5) is 5.00 Å². The first-order valence-corrected chi connectivity index (χ1v) is 7.56. The van der Waals surface area contributed by atoms with Crippen LogP contribution in [0.1, 0.15) is 16.0 Å². The number of nitrogens with zero attached hydrogens (tertiary/aromatic N) is 2. The lowest BCUT2D eigenvalue weighted by atomic mass is 10.1. The summed E-state index contributed by atoms with van der Waals surface area (Å²) >= 11 is 3.18. The lowest BCUT2D eigenvalue weighted by Crippen LogP contribution is -1.86. The van der Waals surface area contributed by atoms with Crippen molar-refractivity contribution in [2.24, 2.45) is 0 Å². The quantitative estimate of drug-likeness (QED) is 0.774. The molecule has 3 aromatic rings. The van der Waals surface area contributed by atoms with Crippen molar-refractivity contribution in [2.75, 3.05) is 5.73 Å². The maximum atomic E-state index is 6.02. The highest BCUT2D eigenvalue weighted by Crippen LogP contribution is 2.38. The number of aromatic nitrogens is 2. The Morgan fingerprint density at radius 1 is 1.21 bits per heavy atom. The molecule has 0 atom stereocenters. The fourth-order valence-electron chi connectivity index (χ4n) is 1.94. The summed E-state index contributed by atoms with van der Waals surface area (Å²) in [4.78, 5) is 5.65. The van der Waals surface area contributed by atoms with E-state index in [0.29, 0.717) is 11.7 Å². The van der Waals surface area contributed by atoms with Gasteiger partial charge in [0.2, 0.25) is 5.82 Å². The highest BCUT2D eigenvalue weighted by Gasteiger charge is 2.19. The van der Waals surface area contributed by atoms with E-state index in [4.69, 9.17) is 10.3 Å². The summed E-state index contributed by atoms with van der Waals surface area (Å²) in [6, 6.07) is 0. The largest absolute Gasteiger partial charge is 0.390 e. The predicted octanol–water partition coefficient (Wildman–Crippen LogP) is 4.03. The number of rotatable bonds is 2. The molecule has 3 aromatic heterocycles. The highest BCUT2D eigenvalue weighted by molar-refractivity contribution is 7.16. The summed E-state index contributed by atoms with van der Waals surface area (Å²) in [6.07, 6.45) is 0. The summed E-state index contributed by atoms with van der Waals surface area (Å²) in [5.74, 6) is 1.12. The van der Waals surface area contributed by atoms with Gasteiger partial charge in [0.05, 0.1) is 10.6 Å². The van der Waals surface area contributed by atoms with E-state index in [0.717, 1.165) is 27.3 Å². The van der Waals surface area contributed by atoms with Crippen LogP contribution in [0.15, 0.2) is 15.3 Å². The van der Waals surface area contributed by atoms with Gasteiger partial charge in [0.25, 0.3) is 5.89 Å². The van der Waals surface area contributed by atoms with Gasteiger partial charge in [-0.3, -0.25) is 0 Å². The molecule has 0 aliphatic carbocycles. The van der Waals surface area contributed by atoms with E-state index in [-0.39, 0.29) is 0 Å². The Kier molecular flexibility index (Phi) is 2.91. The molecule has 0 radical (unpaired) electrons. The van der Waals surface area contributed by atoms with Crippen molar-refractivity contribution in [3.63, 3.8) is 0 Å². The molecule has 0 bridgehead atoms. The maximum Gasteiger partial charge on any atom is 0.261 e. The first-order chi connectivity index (χ1) is 9.08. The molecule has 98 valence electrons. The molecule has 0 fully saturated rings.